The van der Waals surface area contributed by atoms with E-state index in [0.29, 0.717) is 6.61 Å². The topological polar surface area (TPSA) is 26.3 Å². The summed E-state index contributed by atoms with van der Waals surface area (Å²) in [5, 5.41) is 0. The third-order valence-electron chi connectivity index (χ3n) is 3.09. The molecule has 1 aromatic carbocycles. The van der Waals surface area contributed by atoms with Gasteiger partial charge >= 0.3 is 5.97 Å². The predicted octanol–water partition coefficient (Wildman–Crippen LogP) is 3.74. The molecule has 0 amide bonds. The number of rotatable bonds is 3. The second-order valence-corrected chi connectivity index (χ2v) is 4.47. The Morgan fingerprint density at radius 2 is 1.94 bits per heavy atom. The molecule has 1 aromatic rings. The molecule has 0 bridgehead atoms. The van der Waals surface area contributed by atoms with Gasteiger partial charge in [-0.15, -0.1) is 0 Å². The zero-order valence-electron chi connectivity index (χ0n) is 10.9. The van der Waals surface area contributed by atoms with Crippen molar-refractivity contribution in [2.45, 2.75) is 26.7 Å². The predicted molar refractivity (Wildman–Crippen MR) is 73.0 cm³/mol. The number of carbonyl (C=O) groups is 1. The average molecular weight is 242 g/mol. The molecule has 2 nitrogen and oxygen atoms in total. The first-order valence-electron chi connectivity index (χ1n) is 6.35. The van der Waals surface area contributed by atoms with E-state index in [9.17, 15) is 4.79 Å². The molecule has 0 saturated heterocycles. The van der Waals surface area contributed by atoms with Crippen molar-refractivity contribution in [1.29, 1.82) is 0 Å². The molecule has 2 rings (SSSR count). The summed E-state index contributed by atoms with van der Waals surface area (Å²) in [6, 6.07) is 10.0. The van der Waals surface area contributed by atoms with Gasteiger partial charge in [0, 0.05) is 5.57 Å². The van der Waals surface area contributed by atoms with Crippen molar-refractivity contribution < 1.29 is 9.53 Å². The van der Waals surface area contributed by atoms with Gasteiger partial charge in [-0.1, -0.05) is 42.0 Å². The van der Waals surface area contributed by atoms with E-state index in [2.05, 4.69) is 13.0 Å². The molecular formula is C16H18O2. The first-order valence-corrected chi connectivity index (χ1v) is 6.35. The third-order valence-corrected chi connectivity index (χ3v) is 3.09. The molecule has 0 spiro atoms. The highest BCUT2D eigenvalue weighted by molar-refractivity contribution is 6.00. The van der Waals surface area contributed by atoms with Crippen LogP contribution in [0.2, 0.25) is 0 Å². The smallest absolute Gasteiger partial charge is 0.334 e. The fourth-order valence-electron chi connectivity index (χ4n) is 2.17. The van der Waals surface area contributed by atoms with Gasteiger partial charge in [-0.25, -0.2) is 4.79 Å². The molecule has 2 heteroatoms. The van der Waals surface area contributed by atoms with Crippen LogP contribution in [-0.2, 0) is 9.53 Å². The first kappa shape index (κ1) is 12.6. The van der Waals surface area contributed by atoms with Gasteiger partial charge in [0.15, 0.2) is 0 Å². The molecule has 0 heterocycles. The van der Waals surface area contributed by atoms with Crippen molar-refractivity contribution in [3.63, 3.8) is 0 Å². The van der Waals surface area contributed by atoms with Gasteiger partial charge in [0.05, 0.1) is 6.61 Å². The molecule has 1 aliphatic rings. The summed E-state index contributed by atoms with van der Waals surface area (Å²) in [6.07, 6.45) is 3.81. The van der Waals surface area contributed by atoms with E-state index in [1.165, 1.54) is 5.57 Å². The van der Waals surface area contributed by atoms with E-state index in [-0.39, 0.29) is 5.97 Å². The maximum atomic E-state index is 12.0. The lowest BCUT2D eigenvalue weighted by Crippen LogP contribution is -2.12. The molecule has 0 atom stereocenters. The number of carbonyl (C=O) groups excluding carboxylic acids is 1. The summed E-state index contributed by atoms with van der Waals surface area (Å²) >= 11 is 0. The van der Waals surface area contributed by atoms with Crippen LogP contribution in [0, 0.1) is 0 Å². The highest BCUT2D eigenvalue weighted by Crippen LogP contribution is 2.31. The monoisotopic (exact) mass is 242 g/mol. The second-order valence-electron chi connectivity index (χ2n) is 4.47. The maximum absolute atomic E-state index is 12.0. The number of esters is 1. The molecular weight excluding hydrogens is 224 g/mol. The van der Waals surface area contributed by atoms with Gasteiger partial charge in [-0.2, -0.15) is 0 Å². The first-order chi connectivity index (χ1) is 8.72. The van der Waals surface area contributed by atoms with Crippen molar-refractivity contribution in [2.75, 3.05) is 6.61 Å². The Labute approximate surface area is 108 Å². The number of allylic oxidation sites excluding steroid dienone is 3. The minimum atomic E-state index is -0.180. The SMILES string of the molecule is CCOC(=O)C1=C(c2ccccc2)C=C(C)CC1. The van der Waals surface area contributed by atoms with Crippen molar-refractivity contribution in [3.8, 4) is 0 Å². The Morgan fingerprint density at radius 1 is 1.22 bits per heavy atom. The van der Waals surface area contributed by atoms with Crippen molar-refractivity contribution in [2.24, 2.45) is 0 Å². The maximum Gasteiger partial charge on any atom is 0.334 e. The largest absolute Gasteiger partial charge is 0.463 e. The number of hydrogen-bond acceptors (Lipinski definition) is 2. The number of hydrogen-bond donors (Lipinski definition) is 0. The number of ether oxygens (including phenoxy) is 1. The normalized spacial score (nSPS) is 15.3. The molecule has 18 heavy (non-hydrogen) atoms. The summed E-state index contributed by atoms with van der Waals surface area (Å²) in [6.45, 7) is 4.36. The molecule has 0 unspecified atom stereocenters. The van der Waals surface area contributed by atoms with Gasteiger partial charge in [-0.05, 0) is 37.8 Å². The van der Waals surface area contributed by atoms with Gasteiger partial charge in [0.25, 0.3) is 0 Å². The number of benzene rings is 1. The van der Waals surface area contributed by atoms with Crippen molar-refractivity contribution in [1.82, 2.24) is 0 Å². The highest BCUT2D eigenvalue weighted by Gasteiger charge is 2.19. The molecule has 0 aromatic heterocycles. The van der Waals surface area contributed by atoms with Crippen LogP contribution in [0.15, 0.2) is 47.6 Å². The van der Waals surface area contributed by atoms with Gasteiger partial charge in [0.1, 0.15) is 0 Å². The molecule has 0 aliphatic heterocycles. The fourth-order valence-corrected chi connectivity index (χ4v) is 2.17. The molecule has 0 radical (unpaired) electrons. The van der Waals surface area contributed by atoms with Crippen LogP contribution in [0.1, 0.15) is 32.3 Å². The van der Waals surface area contributed by atoms with Gasteiger partial charge in [-0.3, -0.25) is 0 Å². The van der Waals surface area contributed by atoms with Gasteiger partial charge < -0.3 is 4.74 Å². The molecule has 0 N–H and O–H groups in total. The van der Waals surface area contributed by atoms with E-state index in [1.807, 2.05) is 37.3 Å². The molecule has 1 aliphatic carbocycles. The summed E-state index contributed by atoms with van der Waals surface area (Å²) < 4.78 is 5.14. The van der Waals surface area contributed by atoms with Crippen LogP contribution in [0.25, 0.3) is 5.57 Å². The molecule has 94 valence electrons. The Balaban J connectivity index is 2.45. The van der Waals surface area contributed by atoms with Crippen LogP contribution < -0.4 is 0 Å². The zero-order chi connectivity index (χ0) is 13.0. The Kier molecular flexibility index (Phi) is 3.98. The van der Waals surface area contributed by atoms with E-state index >= 15 is 0 Å². The fraction of sp³-hybridized carbons (Fsp3) is 0.312. The molecule has 0 fully saturated rings. The minimum Gasteiger partial charge on any atom is -0.463 e. The summed E-state index contributed by atoms with van der Waals surface area (Å²) in [7, 11) is 0. The Bertz CT molecular complexity index is 495. The Hall–Kier alpha value is -1.83. The van der Waals surface area contributed by atoms with Crippen molar-refractivity contribution in [3.05, 3.63) is 53.1 Å². The van der Waals surface area contributed by atoms with Crippen LogP contribution >= 0.6 is 0 Å². The van der Waals surface area contributed by atoms with E-state index in [1.54, 1.807) is 0 Å². The summed E-state index contributed by atoms with van der Waals surface area (Å²) in [5.41, 5.74) is 4.20. The lowest BCUT2D eigenvalue weighted by molar-refractivity contribution is -0.138. The lowest BCUT2D eigenvalue weighted by Gasteiger charge is -2.17. The lowest BCUT2D eigenvalue weighted by atomic mass is 9.89. The summed E-state index contributed by atoms with van der Waals surface area (Å²) in [4.78, 5) is 12.0. The van der Waals surface area contributed by atoms with E-state index in [4.69, 9.17) is 4.74 Å². The van der Waals surface area contributed by atoms with E-state index < -0.39 is 0 Å². The standard InChI is InChI=1S/C16H18O2/c1-3-18-16(17)14-10-9-12(2)11-15(14)13-7-5-4-6-8-13/h4-8,11H,3,9-10H2,1-2H3. The zero-order valence-corrected chi connectivity index (χ0v) is 10.9. The van der Waals surface area contributed by atoms with Crippen LogP contribution in [0.4, 0.5) is 0 Å². The Morgan fingerprint density at radius 3 is 2.61 bits per heavy atom. The van der Waals surface area contributed by atoms with Crippen molar-refractivity contribution >= 4 is 11.5 Å². The van der Waals surface area contributed by atoms with Crippen LogP contribution in [0.3, 0.4) is 0 Å². The third kappa shape index (κ3) is 2.70. The van der Waals surface area contributed by atoms with E-state index in [0.717, 1.165) is 29.6 Å². The highest BCUT2D eigenvalue weighted by atomic mass is 16.5. The second kappa shape index (κ2) is 5.67. The van der Waals surface area contributed by atoms with Crippen LogP contribution in [-0.4, -0.2) is 12.6 Å². The van der Waals surface area contributed by atoms with Crippen LogP contribution in [0.5, 0.6) is 0 Å². The minimum absolute atomic E-state index is 0.180. The quantitative estimate of drug-likeness (QED) is 0.755. The summed E-state index contributed by atoms with van der Waals surface area (Å²) in [5.74, 6) is -0.180. The molecule has 0 saturated carbocycles. The average Bonchev–Trinajstić information content (AvgIpc) is 2.40. The van der Waals surface area contributed by atoms with Gasteiger partial charge in [0.2, 0.25) is 0 Å².